The first-order valence-electron chi connectivity index (χ1n) is 5.70. The fraction of sp³-hybridized carbons (Fsp3) is 0.364. The molecule has 2 aromatic heterocycles. The van der Waals surface area contributed by atoms with Crippen molar-refractivity contribution in [3.63, 3.8) is 0 Å². The molecule has 0 amide bonds. The quantitative estimate of drug-likeness (QED) is 0.525. The van der Waals surface area contributed by atoms with Gasteiger partial charge in [-0.25, -0.2) is 15.8 Å². The Bertz CT molecular complexity index is 520. The first-order chi connectivity index (χ1) is 8.70. The van der Waals surface area contributed by atoms with Crippen molar-refractivity contribution in [3.8, 4) is 0 Å². The average Bonchev–Trinajstić information content (AvgIpc) is 2.77. The molecule has 0 aliphatic heterocycles. The van der Waals surface area contributed by atoms with Crippen LogP contribution in [0.5, 0.6) is 0 Å². The number of nitrogen functional groups attached to an aromatic ring is 1. The summed E-state index contributed by atoms with van der Waals surface area (Å²) in [5.41, 5.74) is 4.64. The number of hydrazine groups is 1. The second kappa shape index (κ2) is 5.46. The van der Waals surface area contributed by atoms with Crippen molar-refractivity contribution < 1.29 is 0 Å². The van der Waals surface area contributed by atoms with Gasteiger partial charge in [0.05, 0.1) is 6.20 Å². The predicted octanol–water partition coefficient (Wildman–Crippen LogP) is 0.459. The first-order valence-corrected chi connectivity index (χ1v) is 5.70. The number of anilines is 2. The van der Waals surface area contributed by atoms with Crippen LogP contribution in [0.15, 0.2) is 18.7 Å². The van der Waals surface area contributed by atoms with Crippen molar-refractivity contribution in [1.82, 2.24) is 19.7 Å². The number of aromatic nitrogens is 4. The molecular weight excluding hydrogens is 230 g/mol. The molecule has 0 fully saturated rings. The Balaban J connectivity index is 1.94. The van der Waals surface area contributed by atoms with Crippen LogP contribution in [0.1, 0.15) is 11.1 Å². The van der Waals surface area contributed by atoms with Gasteiger partial charge in [0.1, 0.15) is 18.0 Å². The van der Waals surface area contributed by atoms with Gasteiger partial charge in [-0.05, 0) is 18.9 Å². The normalized spacial score (nSPS) is 10.4. The van der Waals surface area contributed by atoms with Gasteiger partial charge in [-0.2, -0.15) is 5.10 Å². The van der Waals surface area contributed by atoms with Gasteiger partial charge >= 0.3 is 0 Å². The van der Waals surface area contributed by atoms with E-state index < -0.39 is 0 Å². The molecule has 2 aromatic rings. The molecule has 7 nitrogen and oxygen atoms in total. The molecule has 0 unspecified atom stereocenters. The molecule has 7 heteroatoms. The van der Waals surface area contributed by atoms with Crippen LogP contribution >= 0.6 is 0 Å². The highest BCUT2D eigenvalue weighted by molar-refractivity contribution is 5.55. The molecule has 2 heterocycles. The highest BCUT2D eigenvalue weighted by Crippen LogP contribution is 2.16. The van der Waals surface area contributed by atoms with Crippen LogP contribution in [0.4, 0.5) is 11.6 Å². The van der Waals surface area contributed by atoms with Gasteiger partial charge in [0.15, 0.2) is 0 Å². The molecule has 0 aromatic carbocycles. The predicted molar refractivity (Wildman–Crippen MR) is 70.0 cm³/mol. The molecule has 4 N–H and O–H groups in total. The number of nitrogens with zero attached hydrogens (tertiary/aromatic N) is 4. The number of aryl methyl sites for hydroxylation is 1. The summed E-state index contributed by atoms with van der Waals surface area (Å²) in [4.78, 5) is 8.21. The minimum absolute atomic E-state index is 0.633. The SMILES string of the molecule is Cc1c(NN)ncnc1NCCc1cnn(C)c1. The molecule has 0 spiro atoms. The van der Waals surface area contributed by atoms with Gasteiger partial charge in [0.25, 0.3) is 0 Å². The number of nitrogens with two attached hydrogens (primary N) is 1. The van der Waals surface area contributed by atoms with Gasteiger partial charge < -0.3 is 10.7 Å². The van der Waals surface area contributed by atoms with Gasteiger partial charge in [0, 0.05) is 25.4 Å². The van der Waals surface area contributed by atoms with Crippen LogP contribution in [0.2, 0.25) is 0 Å². The lowest BCUT2D eigenvalue weighted by Crippen LogP contribution is -2.13. The van der Waals surface area contributed by atoms with Gasteiger partial charge in [0.2, 0.25) is 0 Å². The number of rotatable bonds is 5. The summed E-state index contributed by atoms with van der Waals surface area (Å²) in [6.45, 7) is 2.70. The lowest BCUT2D eigenvalue weighted by molar-refractivity contribution is 0.767. The van der Waals surface area contributed by atoms with Crippen molar-refractivity contribution in [3.05, 3.63) is 29.8 Å². The summed E-state index contributed by atoms with van der Waals surface area (Å²) in [7, 11) is 1.91. The van der Waals surface area contributed by atoms with E-state index in [-0.39, 0.29) is 0 Å². The molecule has 0 saturated carbocycles. The fourth-order valence-electron chi connectivity index (χ4n) is 1.70. The Morgan fingerprint density at radius 1 is 1.33 bits per heavy atom. The number of nitrogens with one attached hydrogen (secondary N) is 2. The summed E-state index contributed by atoms with van der Waals surface area (Å²) in [5.74, 6) is 6.79. The van der Waals surface area contributed by atoms with Crippen molar-refractivity contribution in [2.45, 2.75) is 13.3 Å². The third kappa shape index (κ3) is 2.75. The zero-order chi connectivity index (χ0) is 13.0. The average molecular weight is 247 g/mol. The van der Waals surface area contributed by atoms with E-state index in [1.807, 2.05) is 26.4 Å². The Morgan fingerprint density at radius 3 is 2.78 bits per heavy atom. The molecule has 0 aliphatic carbocycles. The van der Waals surface area contributed by atoms with Crippen LogP contribution in [0, 0.1) is 6.92 Å². The summed E-state index contributed by atoms with van der Waals surface area (Å²) < 4.78 is 1.79. The third-order valence-corrected chi connectivity index (χ3v) is 2.69. The molecule has 18 heavy (non-hydrogen) atoms. The van der Waals surface area contributed by atoms with Crippen LogP contribution in [-0.4, -0.2) is 26.3 Å². The standard InChI is InChI=1S/C11H17N7/c1-8-10(14-7-15-11(8)17-12)13-4-3-9-5-16-18(2)6-9/h5-7H,3-4,12H2,1-2H3,(H2,13,14,15,17). The number of hydrogen-bond donors (Lipinski definition) is 3. The van der Waals surface area contributed by atoms with E-state index >= 15 is 0 Å². The molecule has 0 saturated heterocycles. The van der Waals surface area contributed by atoms with E-state index in [4.69, 9.17) is 5.84 Å². The second-order valence-corrected chi connectivity index (χ2v) is 4.04. The molecule has 0 radical (unpaired) electrons. The smallest absolute Gasteiger partial charge is 0.148 e. The van der Waals surface area contributed by atoms with Crippen molar-refractivity contribution in [2.24, 2.45) is 12.9 Å². The number of hydrogen-bond acceptors (Lipinski definition) is 6. The Labute approximate surface area is 105 Å². The summed E-state index contributed by atoms with van der Waals surface area (Å²) >= 11 is 0. The second-order valence-electron chi connectivity index (χ2n) is 4.04. The molecule has 96 valence electrons. The van der Waals surface area contributed by atoms with E-state index in [1.54, 1.807) is 4.68 Å². The van der Waals surface area contributed by atoms with Crippen molar-refractivity contribution in [1.29, 1.82) is 0 Å². The van der Waals surface area contributed by atoms with Crippen molar-refractivity contribution >= 4 is 11.6 Å². The third-order valence-electron chi connectivity index (χ3n) is 2.69. The van der Waals surface area contributed by atoms with Crippen LogP contribution < -0.4 is 16.6 Å². The fourth-order valence-corrected chi connectivity index (χ4v) is 1.70. The summed E-state index contributed by atoms with van der Waals surface area (Å²) in [5, 5.41) is 7.39. The Hall–Kier alpha value is -2.15. The molecule has 2 rings (SSSR count). The maximum absolute atomic E-state index is 5.36. The van der Waals surface area contributed by atoms with E-state index in [0.717, 1.165) is 24.3 Å². The monoisotopic (exact) mass is 247 g/mol. The maximum atomic E-state index is 5.36. The Morgan fingerprint density at radius 2 is 2.11 bits per heavy atom. The Kier molecular flexibility index (Phi) is 3.73. The van der Waals surface area contributed by atoms with Gasteiger partial charge in [-0.15, -0.1) is 0 Å². The minimum atomic E-state index is 0.633. The minimum Gasteiger partial charge on any atom is -0.369 e. The lowest BCUT2D eigenvalue weighted by atomic mass is 10.2. The highest BCUT2D eigenvalue weighted by Gasteiger charge is 2.05. The zero-order valence-corrected chi connectivity index (χ0v) is 10.5. The van der Waals surface area contributed by atoms with E-state index in [2.05, 4.69) is 25.8 Å². The van der Waals surface area contributed by atoms with E-state index in [9.17, 15) is 0 Å². The van der Waals surface area contributed by atoms with Crippen LogP contribution in [0.3, 0.4) is 0 Å². The topological polar surface area (TPSA) is 93.7 Å². The summed E-state index contributed by atoms with van der Waals surface area (Å²) in [6.07, 6.45) is 6.24. The lowest BCUT2D eigenvalue weighted by Gasteiger charge is -2.10. The molecule has 0 aliphatic rings. The van der Waals surface area contributed by atoms with E-state index in [1.165, 1.54) is 11.9 Å². The van der Waals surface area contributed by atoms with E-state index in [0.29, 0.717) is 5.82 Å². The van der Waals surface area contributed by atoms with Crippen LogP contribution in [0.25, 0.3) is 0 Å². The molecule has 0 bridgehead atoms. The highest BCUT2D eigenvalue weighted by atomic mass is 15.3. The maximum Gasteiger partial charge on any atom is 0.148 e. The zero-order valence-electron chi connectivity index (χ0n) is 10.5. The molecular formula is C11H17N7. The molecule has 0 atom stereocenters. The summed E-state index contributed by atoms with van der Waals surface area (Å²) in [6, 6.07) is 0. The largest absolute Gasteiger partial charge is 0.369 e. The van der Waals surface area contributed by atoms with Gasteiger partial charge in [-0.1, -0.05) is 0 Å². The van der Waals surface area contributed by atoms with Crippen LogP contribution in [-0.2, 0) is 13.5 Å². The first kappa shape index (κ1) is 12.3. The van der Waals surface area contributed by atoms with Crippen molar-refractivity contribution in [2.75, 3.05) is 17.3 Å². The van der Waals surface area contributed by atoms with Gasteiger partial charge in [-0.3, -0.25) is 4.68 Å².